The number of hydrogen-bond donors (Lipinski definition) is 1. The van der Waals surface area contributed by atoms with E-state index in [0.717, 1.165) is 10.6 Å². The molecular weight excluding hydrogens is 271 g/mol. The molecule has 0 aliphatic heterocycles. The van der Waals surface area contributed by atoms with Crippen LogP contribution in [0, 0.1) is 5.92 Å². The van der Waals surface area contributed by atoms with Gasteiger partial charge in [0.15, 0.2) is 0 Å². The number of aromatic nitrogens is 2. The fourth-order valence-electron chi connectivity index (χ4n) is 1.32. The molecule has 1 aromatic rings. The van der Waals surface area contributed by atoms with Crippen LogP contribution in [0.2, 0.25) is 0 Å². The predicted molar refractivity (Wildman–Crippen MR) is 62.3 cm³/mol. The smallest absolute Gasteiger partial charge is 0.393 e. The monoisotopic (exact) mass is 281 g/mol. The Morgan fingerprint density at radius 2 is 2.06 bits per heavy atom. The van der Waals surface area contributed by atoms with Gasteiger partial charge in [-0.25, -0.2) is 4.79 Å². The lowest BCUT2D eigenvalue weighted by Crippen LogP contribution is -2.45. The first-order valence-electron chi connectivity index (χ1n) is 4.77. The minimum absolute atomic E-state index is 0.456. The zero-order valence-electron chi connectivity index (χ0n) is 9.27. The van der Waals surface area contributed by atoms with Gasteiger partial charge in [0.2, 0.25) is 0 Å². The molecule has 0 amide bonds. The van der Waals surface area contributed by atoms with Crippen LogP contribution in [-0.2, 0) is 13.6 Å². The summed E-state index contributed by atoms with van der Waals surface area (Å²) in [5, 5.41) is 0. The number of nitrogens with two attached hydrogens (primary N) is 1. The average molecular weight is 281 g/mol. The highest BCUT2D eigenvalue weighted by Crippen LogP contribution is 2.27. The van der Waals surface area contributed by atoms with Gasteiger partial charge in [0.1, 0.15) is 5.92 Å². The van der Waals surface area contributed by atoms with Crippen molar-refractivity contribution < 1.29 is 13.2 Å². The molecule has 0 saturated carbocycles. The summed E-state index contributed by atoms with van der Waals surface area (Å²) in [7, 11) is 1.32. The van der Waals surface area contributed by atoms with Gasteiger partial charge in [-0.15, -0.1) is 0 Å². The van der Waals surface area contributed by atoms with Crippen LogP contribution in [0.5, 0.6) is 0 Å². The number of halogens is 3. The van der Waals surface area contributed by atoms with Crippen LogP contribution in [-0.4, -0.2) is 20.3 Å². The molecule has 0 fully saturated rings. The van der Waals surface area contributed by atoms with Crippen LogP contribution < -0.4 is 17.0 Å². The largest absolute Gasteiger partial charge is 0.399 e. The van der Waals surface area contributed by atoms with E-state index in [-0.39, 0.29) is 0 Å². The second-order valence-corrected chi connectivity index (χ2v) is 4.13. The van der Waals surface area contributed by atoms with Gasteiger partial charge in [-0.3, -0.25) is 9.36 Å². The van der Waals surface area contributed by atoms with E-state index in [4.69, 9.17) is 5.73 Å². The van der Waals surface area contributed by atoms with Crippen LogP contribution >= 0.6 is 12.2 Å². The van der Waals surface area contributed by atoms with Gasteiger partial charge >= 0.3 is 11.9 Å². The molecule has 5 nitrogen and oxygen atoms in total. The Labute approximate surface area is 105 Å². The molecule has 2 N–H and O–H groups in total. The molecule has 0 aliphatic carbocycles. The molecule has 1 rings (SSSR count). The maximum absolute atomic E-state index is 12.6. The van der Waals surface area contributed by atoms with Crippen LogP contribution in [0.4, 0.5) is 13.2 Å². The van der Waals surface area contributed by atoms with Crippen molar-refractivity contribution in [1.82, 2.24) is 9.13 Å². The minimum atomic E-state index is -4.70. The van der Waals surface area contributed by atoms with E-state index in [1.165, 1.54) is 13.2 Å². The fraction of sp³-hybridized carbons (Fsp3) is 0.444. The summed E-state index contributed by atoms with van der Waals surface area (Å²) in [6.45, 7) is -0.912. The highest BCUT2D eigenvalue weighted by atomic mass is 32.1. The molecule has 100 valence electrons. The summed E-state index contributed by atoms with van der Waals surface area (Å²) >= 11 is 4.32. The topological polar surface area (TPSA) is 70.0 Å². The van der Waals surface area contributed by atoms with Gasteiger partial charge in [-0.05, 0) is 0 Å². The Hall–Kier alpha value is -1.64. The van der Waals surface area contributed by atoms with Crippen molar-refractivity contribution in [3.63, 3.8) is 0 Å². The molecule has 1 aromatic heterocycles. The van der Waals surface area contributed by atoms with Crippen molar-refractivity contribution in [3.05, 3.63) is 33.1 Å². The average Bonchev–Trinajstić information content (AvgIpc) is 2.21. The summed E-state index contributed by atoms with van der Waals surface area (Å²) in [5.41, 5.74) is 3.31. The van der Waals surface area contributed by atoms with Crippen LogP contribution in [0.25, 0.3) is 0 Å². The number of nitrogens with zero attached hydrogens (tertiary/aromatic N) is 2. The predicted octanol–water partition coefficient (Wildman–Crippen LogP) is 0.0116. The van der Waals surface area contributed by atoms with Crippen LogP contribution in [0.15, 0.2) is 21.9 Å². The van der Waals surface area contributed by atoms with Crippen molar-refractivity contribution in [3.8, 4) is 0 Å². The molecule has 0 bridgehead atoms. The third kappa shape index (κ3) is 2.97. The third-order valence-corrected chi connectivity index (χ3v) is 2.63. The van der Waals surface area contributed by atoms with Crippen molar-refractivity contribution in [1.29, 1.82) is 0 Å². The third-order valence-electron chi connectivity index (χ3n) is 2.34. The number of thiocarbonyl (C=S) groups is 1. The molecule has 1 heterocycles. The number of aryl methyl sites for hydroxylation is 1. The van der Waals surface area contributed by atoms with Gasteiger partial charge < -0.3 is 10.3 Å². The van der Waals surface area contributed by atoms with Gasteiger partial charge in [0.05, 0.1) is 4.99 Å². The van der Waals surface area contributed by atoms with E-state index >= 15 is 0 Å². The van der Waals surface area contributed by atoms with Gasteiger partial charge in [0.25, 0.3) is 5.56 Å². The first kappa shape index (κ1) is 14.4. The lowest BCUT2D eigenvalue weighted by atomic mass is 10.1. The molecule has 0 saturated heterocycles. The fourth-order valence-corrected chi connectivity index (χ4v) is 1.53. The Morgan fingerprint density at radius 1 is 1.50 bits per heavy atom. The molecule has 0 spiro atoms. The van der Waals surface area contributed by atoms with Crippen LogP contribution in [0.1, 0.15) is 0 Å². The first-order valence-corrected chi connectivity index (χ1v) is 5.18. The molecule has 9 heteroatoms. The summed E-state index contributed by atoms with van der Waals surface area (Å²) in [5.74, 6) is -2.21. The lowest BCUT2D eigenvalue weighted by Gasteiger charge is -2.19. The summed E-state index contributed by atoms with van der Waals surface area (Å²) in [6, 6.07) is 0.994. The molecule has 18 heavy (non-hydrogen) atoms. The van der Waals surface area contributed by atoms with E-state index in [2.05, 4.69) is 12.2 Å². The Bertz CT molecular complexity index is 576. The minimum Gasteiger partial charge on any atom is -0.393 e. The lowest BCUT2D eigenvalue weighted by molar-refractivity contribution is -0.158. The molecule has 0 radical (unpaired) electrons. The van der Waals surface area contributed by atoms with E-state index in [9.17, 15) is 22.8 Å². The van der Waals surface area contributed by atoms with Crippen molar-refractivity contribution in [2.45, 2.75) is 12.7 Å². The molecule has 1 atom stereocenters. The SMILES string of the molecule is Cn1ccc(=O)n(CC(C(N)=S)C(F)(F)F)c1=O. The number of alkyl halides is 3. The second kappa shape index (κ2) is 4.92. The van der Waals surface area contributed by atoms with Gasteiger partial charge in [-0.1, -0.05) is 12.2 Å². The highest BCUT2D eigenvalue weighted by molar-refractivity contribution is 7.80. The maximum Gasteiger partial charge on any atom is 0.399 e. The highest BCUT2D eigenvalue weighted by Gasteiger charge is 2.42. The van der Waals surface area contributed by atoms with Crippen molar-refractivity contribution >= 4 is 17.2 Å². The van der Waals surface area contributed by atoms with E-state index in [0.29, 0.717) is 4.57 Å². The van der Waals surface area contributed by atoms with Crippen molar-refractivity contribution in [2.75, 3.05) is 0 Å². The van der Waals surface area contributed by atoms with E-state index < -0.39 is 34.9 Å². The zero-order valence-corrected chi connectivity index (χ0v) is 10.1. The molecule has 0 aliphatic rings. The normalized spacial score (nSPS) is 13.3. The van der Waals surface area contributed by atoms with E-state index in [1.807, 2.05) is 0 Å². The zero-order chi connectivity index (χ0) is 14.1. The quantitative estimate of drug-likeness (QED) is 0.792. The molecular formula is C9H10F3N3O2S. The number of hydrogen-bond acceptors (Lipinski definition) is 3. The summed E-state index contributed by atoms with van der Waals surface area (Å²) in [6.07, 6.45) is -3.53. The summed E-state index contributed by atoms with van der Waals surface area (Å²) in [4.78, 5) is 22.1. The van der Waals surface area contributed by atoms with E-state index in [1.54, 1.807) is 0 Å². The van der Waals surface area contributed by atoms with Crippen molar-refractivity contribution in [2.24, 2.45) is 18.7 Å². The standard InChI is InChI=1S/C9H10F3N3O2S/c1-14-3-2-6(16)15(8(14)17)4-5(7(13)18)9(10,11)12/h2-3,5H,4H2,1H3,(H2,13,18). The first-order chi connectivity index (χ1) is 8.14. The van der Waals surface area contributed by atoms with Crippen LogP contribution in [0.3, 0.4) is 0 Å². The Morgan fingerprint density at radius 3 is 2.50 bits per heavy atom. The maximum atomic E-state index is 12.6. The Balaban J connectivity index is 3.26. The Kier molecular flexibility index (Phi) is 3.95. The van der Waals surface area contributed by atoms with Gasteiger partial charge in [0, 0.05) is 25.9 Å². The number of rotatable bonds is 3. The molecule has 0 aromatic carbocycles. The summed E-state index contributed by atoms with van der Waals surface area (Å²) < 4.78 is 39.3. The molecule has 1 unspecified atom stereocenters. The van der Waals surface area contributed by atoms with Gasteiger partial charge in [-0.2, -0.15) is 13.2 Å². The second-order valence-electron chi connectivity index (χ2n) is 3.65.